The number of amides is 1. The molecule has 0 radical (unpaired) electrons. The molecule has 118 valence electrons. The fraction of sp³-hybridized carbons (Fsp3) is 0.533. The van der Waals surface area contributed by atoms with E-state index in [0.29, 0.717) is 18.5 Å². The van der Waals surface area contributed by atoms with Gasteiger partial charge in [-0.1, -0.05) is 25.1 Å². The predicted octanol–water partition coefficient (Wildman–Crippen LogP) is 2.92. The predicted molar refractivity (Wildman–Crippen MR) is 76.0 cm³/mol. The summed E-state index contributed by atoms with van der Waals surface area (Å²) < 4.78 is 38.1. The van der Waals surface area contributed by atoms with Crippen molar-refractivity contribution in [2.75, 3.05) is 20.1 Å². The zero-order valence-electron chi connectivity index (χ0n) is 12.3. The van der Waals surface area contributed by atoms with Crippen LogP contribution in [0, 0.1) is 0 Å². The number of rotatable bonds is 7. The Balaban J connectivity index is 2.78. The van der Waals surface area contributed by atoms with Gasteiger partial charge in [0.25, 0.3) is 0 Å². The van der Waals surface area contributed by atoms with E-state index in [4.69, 9.17) is 0 Å². The van der Waals surface area contributed by atoms with Crippen molar-refractivity contribution in [2.45, 2.75) is 31.9 Å². The lowest BCUT2D eigenvalue weighted by Crippen LogP contribution is -2.31. The second kappa shape index (κ2) is 8.02. The first-order valence-corrected chi connectivity index (χ1v) is 6.99. The van der Waals surface area contributed by atoms with Crippen molar-refractivity contribution in [1.82, 2.24) is 10.6 Å². The molecule has 1 rings (SSSR count). The average Bonchev–Trinajstić information content (AvgIpc) is 2.44. The van der Waals surface area contributed by atoms with Gasteiger partial charge < -0.3 is 10.6 Å². The number of hydrogen-bond acceptors (Lipinski definition) is 2. The van der Waals surface area contributed by atoms with Crippen LogP contribution in [-0.2, 0) is 11.0 Å². The number of benzene rings is 1. The topological polar surface area (TPSA) is 41.1 Å². The third kappa shape index (κ3) is 5.38. The van der Waals surface area contributed by atoms with Gasteiger partial charge in [0.05, 0.1) is 11.5 Å². The first kappa shape index (κ1) is 17.5. The summed E-state index contributed by atoms with van der Waals surface area (Å²) in [4.78, 5) is 12.1. The second-order valence-corrected chi connectivity index (χ2v) is 4.83. The average molecular weight is 302 g/mol. The highest BCUT2D eigenvalue weighted by Crippen LogP contribution is 2.31. The molecule has 0 aliphatic carbocycles. The summed E-state index contributed by atoms with van der Waals surface area (Å²) in [7, 11) is 1.82. The molecule has 1 unspecified atom stereocenters. The zero-order valence-corrected chi connectivity index (χ0v) is 12.3. The molecule has 0 fully saturated rings. The molecule has 6 heteroatoms. The third-order valence-electron chi connectivity index (χ3n) is 3.24. The lowest BCUT2D eigenvalue weighted by molar-refractivity contribution is -0.137. The van der Waals surface area contributed by atoms with Crippen molar-refractivity contribution in [3.63, 3.8) is 0 Å². The maximum Gasteiger partial charge on any atom is 0.416 e. The molecular formula is C15H21F3N2O. The number of halogens is 3. The fourth-order valence-electron chi connectivity index (χ4n) is 2.10. The molecule has 0 aliphatic heterocycles. The molecule has 1 aromatic rings. The highest BCUT2D eigenvalue weighted by Gasteiger charge is 2.31. The Morgan fingerprint density at radius 2 is 2.00 bits per heavy atom. The van der Waals surface area contributed by atoms with E-state index in [2.05, 4.69) is 10.6 Å². The lowest BCUT2D eigenvalue weighted by atomic mass is 9.94. The number of carbonyl (C=O) groups is 1. The lowest BCUT2D eigenvalue weighted by Gasteiger charge is -2.17. The van der Waals surface area contributed by atoms with Crippen molar-refractivity contribution in [3.05, 3.63) is 35.4 Å². The van der Waals surface area contributed by atoms with Crippen LogP contribution in [0.2, 0.25) is 0 Å². The quantitative estimate of drug-likeness (QED) is 0.760. The van der Waals surface area contributed by atoms with Gasteiger partial charge in [0.15, 0.2) is 0 Å². The van der Waals surface area contributed by atoms with E-state index in [-0.39, 0.29) is 5.91 Å². The van der Waals surface area contributed by atoms with Crippen LogP contribution in [-0.4, -0.2) is 26.0 Å². The molecule has 1 aromatic carbocycles. The van der Waals surface area contributed by atoms with Crippen LogP contribution in [0.5, 0.6) is 0 Å². The second-order valence-electron chi connectivity index (χ2n) is 4.83. The van der Waals surface area contributed by atoms with Gasteiger partial charge in [0.1, 0.15) is 0 Å². The van der Waals surface area contributed by atoms with Crippen molar-refractivity contribution in [3.8, 4) is 0 Å². The molecule has 0 heterocycles. The fourth-order valence-corrected chi connectivity index (χ4v) is 2.10. The minimum atomic E-state index is -4.39. The summed E-state index contributed by atoms with van der Waals surface area (Å²) in [5.74, 6) is -0.783. The van der Waals surface area contributed by atoms with Crippen molar-refractivity contribution >= 4 is 5.91 Å². The van der Waals surface area contributed by atoms with Gasteiger partial charge in [-0.25, -0.2) is 0 Å². The standard InChI is InChI=1S/C15H21F3N2O/c1-3-13(14(21)20-9-5-8-19-2)11-6-4-7-12(10-11)15(16,17)18/h4,6-7,10,13,19H,3,5,8-9H2,1-2H3,(H,20,21). The van der Waals surface area contributed by atoms with Gasteiger partial charge in [-0.3, -0.25) is 4.79 Å². The van der Waals surface area contributed by atoms with Crippen LogP contribution in [0.4, 0.5) is 13.2 Å². The van der Waals surface area contributed by atoms with E-state index in [1.54, 1.807) is 13.0 Å². The Morgan fingerprint density at radius 1 is 1.29 bits per heavy atom. The summed E-state index contributed by atoms with van der Waals surface area (Å²) >= 11 is 0. The Labute approximate surface area is 122 Å². The molecule has 1 atom stereocenters. The van der Waals surface area contributed by atoms with Crippen LogP contribution in [0.15, 0.2) is 24.3 Å². The molecule has 2 N–H and O–H groups in total. The van der Waals surface area contributed by atoms with Gasteiger partial charge in [0.2, 0.25) is 5.91 Å². The number of carbonyl (C=O) groups excluding carboxylic acids is 1. The first-order chi connectivity index (χ1) is 9.90. The van der Waals surface area contributed by atoms with E-state index < -0.39 is 17.7 Å². The highest BCUT2D eigenvalue weighted by molar-refractivity contribution is 5.83. The number of alkyl halides is 3. The molecule has 0 spiro atoms. The Bertz CT molecular complexity index is 460. The van der Waals surface area contributed by atoms with E-state index in [0.717, 1.165) is 25.1 Å². The van der Waals surface area contributed by atoms with Gasteiger partial charge >= 0.3 is 6.18 Å². The van der Waals surface area contributed by atoms with Gasteiger partial charge in [-0.2, -0.15) is 13.2 Å². The smallest absolute Gasteiger partial charge is 0.356 e. The SMILES string of the molecule is CCC(C(=O)NCCCNC)c1cccc(C(F)(F)F)c1. The van der Waals surface area contributed by atoms with Crippen LogP contribution >= 0.6 is 0 Å². The summed E-state index contributed by atoms with van der Waals surface area (Å²) in [6.07, 6.45) is -3.15. The number of hydrogen-bond donors (Lipinski definition) is 2. The maximum absolute atomic E-state index is 12.7. The van der Waals surface area contributed by atoms with Crippen LogP contribution < -0.4 is 10.6 Å². The molecule has 1 amide bonds. The van der Waals surface area contributed by atoms with Crippen LogP contribution in [0.3, 0.4) is 0 Å². The van der Waals surface area contributed by atoms with E-state index in [1.165, 1.54) is 6.07 Å². The zero-order chi connectivity index (χ0) is 15.9. The van der Waals surface area contributed by atoms with Gasteiger partial charge in [0, 0.05) is 6.54 Å². The molecule has 0 saturated carbocycles. The number of nitrogens with one attached hydrogen (secondary N) is 2. The third-order valence-corrected chi connectivity index (χ3v) is 3.24. The first-order valence-electron chi connectivity index (χ1n) is 6.99. The maximum atomic E-state index is 12.7. The normalized spacial score (nSPS) is 13.0. The Kier molecular flexibility index (Phi) is 6.68. The molecule has 3 nitrogen and oxygen atoms in total. The van der Waals surface area contributed by atoms with Crippen LogP contribution in [0.1, 0.15) is 36.8 Å². The van der Waals surface area contributed by atoms with Gasteiger partial charge in [-0.05, 0) is 38.1 Å². The molecule has 21 heavy (non-hydrogen) atoms. The Hall–Kier alpha value is -1.56. The van der Waals surface area contributed by atoms with Gasteiger partial charge in [-0.15, -0.1) is 0 Å². The summed E-state index contributed by atoms with van der Waals surface area (Å²) in [5, 5.41) is 5.73. The molecule has 0 bridgehead atoms. The largest absolute Gasteiger partial charge is 0.416 e. The minimum Gasteiger partial charge on any atom is -0.356 e. The summed E-state index contributed by atoms with van der Waals surface area (Å²) in [5.41, 5.74) is -0.320. The van der Waals surface area contributed by atoms with Crippen LogP contribution in [0.25, 0.3) is 0 Å². The monoisotopic (exact) mass is 302 g/mol. The highest BCUT2D eigenvalue weighted by atomic mass is 19.4. The molecule has 0 saturated heterocycles. The van der Waals surface area contributed by atoms with Crippen molar-refractivity contribution in [2.24, 2.45) is 0 Å². The van der Waals surface area contributed by atoms with E-state index >= 15 is 0 Å². The Morgan fingerprint density at radius 3 is 2.57 bits per heavy atom. The summed E-state index contributed by atoms with van der Waals surface area (Å²) in [6, 6.07) is 4.98. The summed E-state index contributed by atoms with van der Waals surface area (Å²) in [6.45, 7) is 3.08. The van der Waals surface area contributed by atoms with E-state index in [9.17, 15) is 18.0 Å². The van der Waals surface area contributed by atoms with E-state index in [1.807, 2.05) is 7.05 Å². The van der Waals surface area contributed by atoms with Crippen molar-refractivity contribution in [1.29, 1.82) is 0 Å². The molecule has 0 aromatic heterocycles. The minimum absolute atomic E-state index is 0.229. The van der Waals surface area contributed by atoms with Crippen molar-refractivity contribution < 1.29 is 18.0 Å². The molecular weight excluding hydrogens is 281 g/mol. The molecule has 0 aliphatic rings.